The summed E-state index contributed by atoms with van der Waals surface area (Å²) < 4.78 is 5.74. The summed E-state index contributed by atoms with van der Waals surface area (Å²) in [5.41, 5.74) is 1.16. The van der Waals surface area contributed by atoms with E-state index in [0.717, 1.165) is 17.7 Å². The van der Waals surface area contributed by atoms with Gasteiger partial charge < -0.3 is 20.3 Å². The van der Waals surface area contributed by atoms with Crippen LogP contribution in [0.15, 0.2) is 71.5 Å². The lowest BCUT2D eigenvalue weighted by molar-refractivity contribution is 0.102. The maximum absolute atomic E-state index is 12.6. The van der Waals surface area contributed by atoms with Gasteiger partial charge in [-0.25, -0.2) is 0 Å². The Kier molecular flexibility index (Phi) is 5.60. The Balaban J connectivity index is 1.77. The van der Waals surface area contributed by atoms with Crippen LogP contribution in [0.4, 0.5) is 5.69 Å². The second-order valence-corrected chi connectivity index (χ2v) is 6.24. The number of ether oxygens (including phenoxy) is 1. The van der Waals surface area contributed by atoms with E-state index in [1.165, 1.54) is 0 Å². The number of aryl methyl sites for hydroxylation is 1. The molecule has 3 N–H and O–H groups in total. The van der Waals surface area contributed by atoms with Crippen LogP contribution in [0.2, 0.25) is 0 Å². The van der Waals surface area contributed by atoms with Crippen LogP contribution in [0, 0.1) is 6.92 Å². The number of amides is 1. The monoisotopic (exact) mass is 377 g/mol. The fraction of sp³-hybridized carbons (Fsp3) is 0.0909. The molecule has 0 heterocycles. The van der Waals surface area contributed by atoms with Crippen molar-refractivity contribution in [3.63, 3.8) is 0 Å². The number of aromatic hydroxyl groups is 2. The maximum Gasteiger partial charge on any atom is 0.256 e. The molecule has 0 radical (unpaired) electrons. The Hall–Kier alpha value is -3.80. The van der Waals surface area contributed by atoms with Crippen LogP contribution in [-0.2, 0) is 6.61 Å². The zero-order valence-electron chi connectivity index (χ0n) is 15.2. The van der Waals surface area contributed by atoms with Gasteiger partial charge in [0.2, 0.25) is 11.2 Å². The summed E-state index contributed by atoms with van der Waals surface area (Å²) in [6.07, 6.45) is 0. The molecule has 0 aromatic heterocycles. The van der Waals surface area contributed by atoms with E-state index in [1.807, 2.05) is 30.3 Å². The zero-order chi connectivity index (χ0) is 20.1. The second-order valence-electron chi connectivity index (χ2n) is 6.24. The highest BCUT2D eigenvalue weighted by Crippen LogP contribution is 2.23. The van der Waals surface area contributed by atoms with Crippen molar-refractivity contribution in [2.45, 2.75) is 13.5 Å². The van der Waals surface area contributed by atoms with Crippen molar-refractivity contribution < 1.29 is 19.7 Å². The van der Waals surface area contributed by atoms with Crippen LogP contribution in [0.1, 0.15) is 21.5 Å². The quantitative estimate of drug-likeness (QED) is 0.631. The summed E-state index contributed by atoms with van der Waals surface area (Å²) in [5, 5.41) is 22.0. The largest absolute Gasteiger partial charge is 0.504 e. The molecule has 1 amide bonds. The second kappa shape index (κ2) is 8.26. The Morgan fingerprint density at radius 2 is 1.75 bits per heavy atom. The number of rotatable bonds is 5. The maximum atomic E-state index is 12.6. The SMILES string of the molecule is Cc1cc(=O)c(O)c(O)cc1C(=O)Nc1cccc(OCc2ccccc2)c1. The van der Waals surface area contributed by atoms with E-state index in [2.05, 4.69) is 5.32 Å². The third kappa shape index (κ3) is 4.48. The standard InChI is InChI=1S/C22H19NO5/c1-14-10-19(24)21(26)20(25)12-18(14)22(27)23-16-8-5-9-17(11-16)28-13-15-6-3-2-4-7-15/h2-12H,13H2,1H3,(H,23,27)(H2,24,25,26). The van der Waals surface area contributed by atoms with E-state index in [-0.39, 0.29) is 5.56 Å². The topological polar surface area (TPSA) is 95.9 Å². The van der Waals surface area contributed by atoms with Gasteiger partial charge in [0.05, 0.1) is 0 Å². The van der Waals surface area contributed by atoms with Crippen molar-refractivity contribution in [3.05, 3.63) is 93.6 Å². The molecule has 6 heteroatoms. The number of nitrogens with one attached hydrogen (secondary N) is 1. The number of hydrogen-bond acceptors (Lipinski definition) is 5. The van der Waals surface area contributed by atoms with Crippen molar-refractivity contribution in [2.75, 3.05) is 5.32 Å². The van der Waals surface area contributed by atoms with Crippen LogP contribution in [0.3, 0.4) is 0 Å². The molecule has 142 valence electrons. The molecule has 0 saturated carbocycles. The molecule has 6 nitrogen and oxygen atoms in total. The first-order chi connectivity index (χ1) is 13.4. The molecular formula is C22H19NO5. The predicted octanol–water partition coefficient (Wildman–Crippen LogP) is 3.60. The first kappa shape index (κ1) is 19.0. The van der Waals surface area contributed by atoms with Gasteiger partial charge in [0.1, 0.15) is 12.4 Å². The van der Waals surface area contributed by atoms with Gasteiger partial charge >= 0.3 is 0 Å². The van der Waals surface area contributed by atoms with Crippen LogP contribution in [0.5, 0.6) is 17.2 Å². The highest BCUT2D eigenvalue weighted by molar-refractivity contribution is 6.05. The van der Waals surface area contributed by atoms with Crippen LogP contribution >= 0.6 is 0 Å². The molecule has 3 aromatic carbocycles. The first-order valence-electron chi connectivity index (χ1n) is 8.59. The molecule has 0 atom stereocenters. The first-order valence-corrected chi connectivity index (χ1v) is 8.59. The van der Waals surface area contributed by atoms with E-state index in [0.29, 0.717) is 23.6 Å². The Morgan fingerprint density at radius 1 is 1.00 bits per heavy atom. The van der Waals surface area contributed by atoms with Crippen molar-refractivity contribution in [1.82, 2.24) is 0 Å². The molecule has 0 aliphatic heterocycles. The number of carbonyl (C=O) groups excluding carboxylic acids is 1. The van der Waals surface area contributed by atoms with Gasteiger partial charge in [-0.15, -0.1) is 0 Å². The van der Waals surface area contributed by atoms with Crippen LogP contribution in [-0.4, -0.2) is 16.1 Å². The number of benzene rings is 2. The fourth-order valence-corrected chi connectivity index (χ4v) is 2.64. The molecule has 0 aliphatic rings. The van der Waals surface area contributed by atoms with Gasteiger partial charge in [-0.1, -0.05) is 36.4 Å². The third-order valence-electron chi connectivity index (χ3n) is 4.11. The number of carbonyl (C=O) groups is 1. The fourth-order valence-electron chi connectivity index (χ4n) is 2.64. The third-order valence-corrected chi connectivity index (χ3v) is 4.11. The molecule has 28 heavy (non-hydrogen) atoms. The summed E-state index contributed by atoms with van der Waals surface area (Å²) >= 11 is 0. The Bertz CT molecular complexity index is 1060. The van der Waals surface area contributed by atoms with E-state index in [9.17, 15) is 19.8 Å². The minimum Gasteiger partial charge on any atom is -0.504 e. The van der Waals surface area contributed by atoms with Gasteiger partial charge in [0.15, 0.2) is 5.75 Å². The molecule has 0 unspecified atom stereocenters. The molecule has 0 spiro atoms. The highest BCUT2D eigenvalue weighted by Gasteiger charge is 2.13. The average molecular weight is 377 g/mol. The number of hydrogen-bond donors (Lipinski definition) is 3. The summed E-state index contributed by atoms with van der Waals surface area (Å²) in [6.45, 7) is 1.94. The molecule has 0 bridgehead atoms. The van der Waals surface area contributed by atoms with Crippen molar-refractivity contribution >= 4 is 11.6 Å². The molecular weight excluding hydrogens is 358 g/mol. The van der Waals surface area contributed by atoms with Crippen LogP contribution in [0.25, 0.3) is 0 Å². The molecule has 3 rings (SSSR count). The lowest BCUT2D eigenvalue weighted by atomic mass is 10.1. The molecule has 3 aromatic rings. The zero-order valence-corrected chi connectivity index (χ0v) is 15.2. The molecule has 0 aliphatic carbocycles. The Labute approximate surface area is 161 Å². The van der Waals surface area contributed by atoms with Gasteiger partial charge in [-0.05, 0) is 42.3 Å². The summed E-state index contributed by atoms with van der Waals surface area (Å²) in [5.74, 6) is -1.39. The van der Waals surface area contributed by atoms with Gasteiger partial charge in [-0.3, -0.25) is 9.59 Å². The van der Waals surface area contributed by atoms with Gasteiger partial charge in [0.25, 0.3) is 5.91 Å². The van der Waals surface area contributed by atoms with E-state index >= 15 is 0 Å². The highest BCUT2D eigenvalue weighted by atomic mass is 16.5. The summed E-state index contributed by atoms with van der Waals surface area (Å²) in [4.78, 5) is 24.3. The minimum absolute atomic E-state index is 0.0745. The predicted molar refractivity (Wildman–Crippen MR) is 106 cm³/mol. The van der Waals surface area contributed by atoms with Crippen LogP contribution < -0.4 is 15.5 Å². The number of anilines is 1. The van der Waals surface area contributed by atoms with Gasteiger partial charge in [-0.2, -0.15) is 0 Å². The minimum atomic E-state index is -0.793. The normalized spacial score (nSPS) is 10.3. The average Bonchev–Trinajstić information content (AvgIpc) is 2.79. The van der Waals surface area contributed by atoms with Crippen molar-refractivity contribution in [1.29, 1.82) is 0 Å². The lowest BCUT2D eigenvalue weighted by Crippen LogP contribution is -2.13. The lowest BCUT2D eigenvalue weighted by Gasteiger charge is -2.10. The Morgan fingerprint density at radius 3 is 2.50 bits per heavy atom. The summed E-state index contributed by atoms with van der Waals surface area (Å²) in [6, 6.07) is 18.8. The van der Waals surface area contributed by atoms with Crippen molar-refractivity contribution in [2.24, 2.45) is 0 Å². The smallest absolute Gasteiger partial charge is 0.256 e. The molecule has 0 fully saturated rings. The van der Waals surface area contributed by atoms with E-state index in [1.54, 1.807) is 31.2 Å². The van der Waals surface area contributed by atoms with Crippen molar-refractivity contribution in [3.8, 4) is 17.2 Å². The van der Waals surface area contributed by atoms with Gasteiger partial charge in [0, 0.05) is 17.3 Å². The van der Waals surface area contributed by atoms with E-state index in [4.69, 9.17) is 4.74 Å². The molecule has 0 saturated heterocycles. The van der Waals surface area contributed by atoms with E-state index < -0.39 is 22.8 Å². The summed E-state index contributed by atoms with van der Waals surface area (Å²) in [7, 11) is 0.